The Hall–Kier alpha value is -2.66. The van der Waals surface area contributed by atoms with Gasteiger partial charge in [-0.1, -0.05) is 121 Å². The van der Waals surface area contributed by atoms with Crippen LogP contribution in [0, 0.1) is 11.8 Å². The van der Waals surface area contributed by atoms with Gasteiger partial charge < -0.3 is 5.11 Å². The number of nitrogens with zero attached hydrogens (tertiary/aromatic N) is 2. The van der Waals surface area contributed by atoms with Gasteiger partial charge in [0.15, 0.2) is 0 Å². The van der Waals surface area contributed by atoms with Gasteiger partial charge in [-0.15, -0.1) is 24.0 Å². The second kappa shape index (κ2) is 14.6. The molecule has 0 spiro atoms. The minimum absolute atomic E-state index is 0. The van der Waals surface area contributed by atoms with Gasteiger partial charge >= 0.3 is 0 Å². The molecule has 0 aliphatic carbocycles. The quantitative estimate of drug-likeness (QED) is 0.233. The molecule has 5 heteroatoms. The van der Waals surface area contributed by atoms with Crippen molar-refractivity contribution in [3.8, 4) is 0 Å². The molecule has 6 rings (SSSR count). The molecule has 204 valence electrons. The van der Waals surface area contributed by atoms with Gasteiger partial charge in [-0.2, -0.15) is 0 Å². The smallest absolute Gasteiger partial charge is 0.0602 e. The summed E-state index contributed by atoms with van der Waals surface area (Å²) in [5, 5.41) is 9.20. The van der Waals surface area contributed by atoms with Crippen molar-refractivity contribution in [3.05, 3.63) is 144 Å². The fraction of sp³-hybridized carbons (Fsp3) is 0.294. The predicted octanol–water partition coefficient (Wildman–Crippen LogP) is 7.07. The number of likely N-dealkylation sites (tertiary alicyclic amines) is 2. The average Bonchev–Trinajstić information content (AvgIpc) is 2.94. The molecule has 2 saturated heterocycles. The molecule has 4 aromatic carbocycles. The molecule has 0 bridgehead atoms. The Balaban J connectivity index is 0.000000176. The van der Waals surface area contributed by atoms with Crippen LogP contribution in [0.15, 0.2) is 121 Å². The van der Waals surface area contributed by atoms with Gasteiger partial charge in [0.25, 0.3) is 0 Å². The minimum atomic E-state index is 0. The molecule has 2 heterocycles. The molecule has 0 atom stereocenters. The van der Waals surface area contributed by atoms with Gasteiger partial charge in [0.2, 0.25) is 0 Å². The van der Waals surface area contributed by atoms with Gasteiger partial charge in [-0.05, 0) is 28.2 Å². The van der Waals surface area contributed by atoms with E-state index >= 15 is 0 Å². The van der Waals surface area contributed by atoms with Crippen LogP contribution in [0.2, 0.25) is 0 Å². The fourth-order valence-electron chi connectivity index (χ4n) is 5.62. The highest BCUT2D eigenvalue weighted by molar-refractivity contribution is 6.18. The molecule has 0 unspecified atom stereocenters. The van der Waals surface area contributed by atoms with Gasteiger partial charge in [-0.25, -0.2) is 0 Å². The highest BCUT2D eigenvalue weighted by Crippen LogP contribution is 2.35. The summed E-state index contributed by atoms with van der Waals surface area (Å²) in [5.74, 6) is 1.86. The summed E-state index contributed by atoms with van der Waals surface area (Å²) in [4.78, 5) is 4.95. The second-order valence-corrected chi connectivity index (χ2v) is 10.7. The molecule has 0 amide bonds. The van der Waals surface area contributed by atoms with Crippen molar-refractivity contribution in [3.63, 3.8) is 0 Å². The lowest BCUT2D eigenvalue weighted by Crippen LogP contribution is -2.50. The Kier molecular flexibility index (Phi) is 11.0. The number of halogens is 2. The first-order valence-corrected chi connectivity index (χ1v) is 14.1. The number of rotatable bonds is 8. The number of alkyl halides is 1. The van der Waals surface area contributed by atoms with Crippen LogP contribution in [0.5, 0.6) is 0 Å². The van der Waals surface area contributed by atoms with Crippen molar-refractivity contribution in [1.82, 2.24) is 9.80 Å². The summed E-state index contributed by atoms with van der Waals surface area (Å²) in [6, 6.07) is 43.3. The molecule has 39 heavy (non-hydrogen) atoms. The summed E-state index contributed by atoms with van der Waals surface area (Å²) in [6.45, 7) is 4.44. The molecule has 0 radical (unpaired) electrons. The maximum atomic E-state index is 9.20. The Morgan fingerprint density at radius 2 is 0.821 bits per heavy atom. The molecule has 2 aliphatic rings. The maximum Gasteiger partial charge on any atom is 0.0602 e. The number of aliphatic hydroxyl groups excluding tert-OH is 1. The zero-order valence-electron chi connectivity index (χ0n) is 22.2. The highest BCUT2D eigenvalue weighted by atomic mass is 35.5. The number of aliphatic hydroxyl groups is 1. The molecule has 4 aromatic rings. The molecule has 3 nitrogen and oxygen atoms in total. The van der Waals surface area contributed by atoms with Crippen LogP contribution in [0.25, 0.3) is 0 Å². The largest absolute Gasteiger partial charge is 0.396 e. The number of hydrogen-bond acceptors (Lipinski definition) is 3. The molecular weight excluding hydrogens is 523 g/mol. The number of benzene rings is 4. The van der Waals surface area contributed by atoms with Crippen LogP contribution in [0.1, 0.15) is 34.3 Å². The third-order valence-electron chi connectivity index (χ3n) is 7.64. The zero-order valence-corrected chi connectivity index (χ0v) is 23.8. The third kappa shape index (κ3) is 7.30. The summed E-state index contributed by atoms with van der Waals surface area (Å²) in [7, 11) is 0. The maximum absolute atomic E-state index is 9.20. The van der Waals surface area contributed by atoms with Gasteiger partial charge in [0, 0.05) is 44.6 Å². The van der Waals surface area contributed by atoms with Gasteiger partial charge in [-0.3, -0.25) is 9.80 Å². The van der Waals surface area contributed by atoms with E-state index in [4.69, 9.17) is 11.6 Å². The fourth-order valence-corrected chi connectivity index (χ4v) is 5.82. The average molecular weight is 562 g/mol. The van der Waals surface area contributed by atoms with E-state index in [9.17, 15) is 5.11 Å². The Labute approximate surface area is 244 Å². The van der Waals surface area contributed by atoms with E-state index in [0.717, 1.165) is 32.1 Å². The minimum Gasteiger partial charge on any atom is -0.396 e. The van der Waals surface area contributed by atoms with E-state index in [1.165, 1.54) is 22.3 Å². The topological polar surface area (TPSA) is 26.7 Å². The standard InChI is InChI=1S/C17H18ClN.C17H19NO.ClH/c18-11-14-12-19(13-14)17(15-7-3-1-4-8-15)16-9-5-2-6-10-16;19-13-14-11-18(12-14)17(15-7-3-1-4-8-15)16-9-5-2-6-10-16;/h1-10,14,17H,11-13H2;1-10,14,17,19H,11-13H2;1H. The van der Waals surface area contributed by atoms with Crippen LogP contribution in [0.4, 0.5) is 0 Å². The first-order chi connectivity index (χ1) is 18.8. The monoisotopic (exact) mass is 560 g/mol. The number of hydrogen-bond donors (Lipinski definition) is 1. The van der Waals surface area contributed by atoms with Gasteiger partial charge in [0.05, 0.1) is 12.1 Å². The van der Waals surface area contributed by atoms with Crippen molar-refractivity contribution >= 4 is 24.0 Å². The van der Waals surface area contributed by atoms with Crippen molar-refractivity contribution < 1.29 is 5.11 Å². The van der Waals surface area contributed by atoms with E-state index in [-0.39, 0.29) is 12.4 Å². The van der Waals surface area contributed by atoms with Crippen LogP contribution >= 0.6 is 24.0 Å². The molecule has 2 fully saturated rings. The molecular formula is C34H38Cl2N2O. The molecule has 0 aromatic heterocycles. The predicted molar refractivity (Wildman–Crippen MR) is 165 cm³/mol. The van der Waals surface area contributed by atoms with E-state index < -0.39 is 0 Å². The van der Waals surface area contributed by atoms with E-state index in [1.54, 1.807) is 0 Å². The lowest BCUT2D eigenvalue weighted by molar-refractivity contribution is 0.0310. The lowest BCUT2D eigenvalue weighted by Gasteiger charge is -2.44. The summed E-state index contributed by atoms with van der Waals surface area (Å²) in [6.07, 6.45) is 0. The Bertz CT molecular complexity index is 1040. The summed E-state index contributed by atoms with van der Waals surface area (Å²) >= 11 is 5.94. The molecule has 0 saturated carbocycles. The van der Waals surface area contributed by atoms with E-state index in [2.05, 4.69) is 131 Å². The lowest BCUT2D eigenvalue weighted by atomic mass is 9.91. The Morgan fingerprint density at radius 3 is 1.08 bits per heavy atom. The van der Waals surface area contributed by atoms with Crippen LogP contribution < -0.4 is 0 Å². The second-order valence-electron chi connectivity index (χ2n) is 10.4. The SMILES string of the molecule is Cl.ClCC1CN(C(c2ccccc2)c2ccccc2)C1.OCC1CN(C(c2ccccc2)c2ccccc2)C1. The normalized spacial score (nSPS) is 16.1. The van der Waals surface area contributed by atoms with Crippen LogP contribution in [-0.4, -0.2) is 53.6 Å². The summed E-state index contributed by atoms with van der Waals surface area (Å²) < 4.78 is 0. The van der Waals surface area contributed by atoms with E-state index in [1.807, 2.05) is 0 Å². The first-order valence-electron chi connectivity index (χ1n) is 13.6. The molecule has 2 aliphatic heterocycles. The van der Waals surface area contributed by atoms with Crippen LogP contribution in [0.3, 0.4) is 0 Å². The highest BCUT2D eigenvalue weighted by Gasteiger charge is 2.34. The van der Waals surface area contributed by atoms with Crippen molar-refractivity contribution in [2.24, 2.45) is 11.8 Å². The van der Waals surface area contributed by atoms with Crippen molar-refractivity contribution in [1.29, 1.82) is 0 Å². The molecule has 1 N–H and O–H groups in total. The zero-order chi connectivity index (χ0) is 26.2. The van der Waals surface area contributed by atoms with Crippen molar-refractivity contribution in [2.75, 3.05) is 38.7 Å². The third-order valence-corrected chi connectivity index (χ3v) is 8.08. The first kappa shape index (κ1) is 29.3. The van der Waals surface area contributed by atoms with Crippen molar-refractivity contribution in [2.45, 2.75) is 12.1 Å². The van der Waals surface area contributed by atoms with E-state index in [0.29, 0.717) is 30.5 Å². The van der Waals surface area contributed by atoms with Gasteiger partial charge in [0.1, 0.15) is 0 Å². The Morgan fingerprint density at radius 1 is 0.538 bits per heavy atom. The van der Waals surface area contributed by atoms with Crippen LogP contribution in [-0.2, 0) is 0 Å². The summed E-state index contributed by atoms with van der Waals surface area (Å²) in [5.41, 5.74) is 5.37.